The monoisotopic (exact) mass is 244 g/mol. The minimum Gasteiger partial charge on any atom is -0.492 e. The lowest BCUT2D eigenvalue weighted by Gasteiger charge is -2.07. The van der Waals surface area contributed by atoms with Crippen LogP contribution in [0, 0.1) is 11.8 Å². The molecule has 0 aliphatic heterocycles. The van der Waals surface area contributed by atoms with Crippen LogP contribution in [-0.2, 0) is 4.79 Å². The van der Waals surface area contributed by atoms with E-state index >= 15 is 0 Å². The Labute approximate surface area is 98.1 Å². The van der Waals surface area contributed by atoms with Crippen LogP contribution >= 0.6 is 23.2 Å². The largest absolute Gasteiger partial charge is 0.492 e. The number of hydrogen-bond acceptors (Lipinski definition) is 2. The van der Waals surface area contributed by atoms with Crippen LogP contribution in [0.2, 0.25) is 10.0 Å². The molecule has 15 heavy (non-hydrogen) atoms. The standard InChI is InChI=1S/C11H10Cl2O2/c12-9-1-2-11(10(13)4-9)15-6-8-3-7(8)5-14/h1-2,4-5,7-8H,3,6H2. The van der Waals surface area contributed by atoms with Crippen molar-refractivity contribution >= 4 is 29.5 Å². The summed E-state index contributed by atoms with van der Waals surface area (Å²) in [6.07, 6.45) is 1.91. The second kappa shape index (κ2) is 4.42. The summed E-state index contributed by atoms with van der Waals surface area (Å²) >= 11 is 11.7. The quantitative estimate of drug-likeness (QED) is 0.761. The first-order valence-corrected chi connectivity index (χ1v) is 5.49. The van der Waals surface area contributed by atoms with Gasteiger partial charge in [0.05, 0.1) is 11.6 Å². The van der Waals surface area contributed by atoms with E-state index in [1.54, 1.807) is 18.2 Å². The normalized spacial score (nSPS) is 23.6. The van der Waals surface area contributed by atoms with E-state index in [0.717, 1.165) is 12.7 Å². The van der Waals surface area contributed by atoms with Crippen molar-refractivity contribution in [3.05, 3.63) is 28.2 Å². The zero-order valence-corrected chi connectivity index (χ0v) is 9.46. The van der Waals surface area contributed by atoms with Gasteiger partial charge in [0.25, 0.3) is 0 Å². The summed E-state index contributed by atoms with van der Waals surface area (Å²) < 4.78 is 5.50. The molecule has 0 spiro atoms. The molecule has 2 nitrogen and oxygen atoms in total. The van der Waals surface area contributed by atoms with Crippen molar-refractivity contribution in [3.63, 3.8) is 0 Å². The molecule has 0 N–H and O–H groups in total. The third-order valence-electron chi connectivity index (χ3n) is 2.50. The van der Waals surface area contributed by atoms with Gasteiger partial charge in [-0.05, 0) is 24.6 Å². The number of carbonyl (C=O) groups excluding carboxylic acids is 1. The molecule has 1 aliphatic rings. The Balaban J connectivity index is 1.91. The number of ether oxygens (including phenoxy) is 1. The van der Waals surface area contributed by atoms with Gasteiger partial charge in [-0.25, -0.2) is 0 Å². The van der Waals surface area contributed by atoms with Crippen molar-refractivity contribution in [3.8, 4) is 5.75 Å². The zero-order valence-electron chi connectivity index (χ0n) is 7.95. The van der Waals surface area contributed by atoms with Crippen molar-refractivity contribution in [2.75, 3.05) is 6.61 Å². The predicted molar refractivity (Wildman–Crippen MR) is 59.6 cm³/mol. The van der Waals surface area contributed by atoms with Crippen LogP contribution in [-0.4, -0.2) is 12.9 Å². The van der Waals surface area contributed by atoms with Crippen LogP contribution in [0.15, 0.2) is 18.2 Å². The molecule has 0 heterocycles. The maximum Gasteiger partial charge on any atom is 0.137 e. The van der Waals surface area contributed by atoms with Crippen LogP contribution in [0.25, 0.3) is 0 Å². The molecule has 0 saturated heterocycles. The summed E-state index contributed by atoms with van der Waals surface area (Å²) in [6.45, 7) is 0.546. The van der Waals surface area contributed by atoms with Gasteiger partial charge in [-0.2, -0.15) is 0 Å². The highest BCUT2D eigenvalue weighted by Gasteiger charge is 2.37. The Morgan fingerprint density at radius 1 is 1.47 bits per heavy atom. The molecule has 0 bridgehead atoms. The van der Waals surface area contributed by atoms with Crippen molar-refractivity contribution in [2.45, 2.75) is 6.42 Å². The number of benzene rings is 1. The average Bonchev–Trinajstić information content (AvgIpc) is 2.95. The molecule has 80 valence electrons. The smallest absolute Gasteiger partial charge is 0.137 e. The van der Waals surface area contributed by atoms with E-state index < -0.39 is 0 Å². The fourth-order valence-electron chi connectivity index (χ4n) is 1.42. The van der Waals surface area contributed by atoms with Crippen LogP contribution < -0.4 is 4.74 Å². The maximum atomic E-state index is 10.4. The van der Waals surface area contributed by atoms with Gasteiger partial charge in [-0.3, -0.25) is 0 Å². The van der Waals surface area contributed by atoms with E-state index in [2.05, 4.69) is 0 Å². The molecule has 0 radical (unpaired) electrons. The van der Waals surface area contributed by atoms with Crippen LogP contribution in [0.1, 0.15) is 6.42 Å². The molecule has 1 aliphatic carbocycles. The lowest BCUT2D eigenvalue weighted by atomic mass is 10.3. The van der Waals surface area contributed by atoms with Gasteiger partial charge in [0, 0.05) is 16.9 Å². The van der Waals surface area contributed by atoms with Crippen molar-refractivity contribution in [1.82, 2.24) is 0 Å². The molecule has 2 unspecified atom stereocenters. The van der Waals surface area contributed by atoms with E-state index in [1.165, 1.54) is 0 Å². The summed E-state index contributed by atoms with van der Waals surface area (Å²) in [7, 11) is 0. The minimum atomic E-state index is 0.177. The fourth-order valence-corrected chi connectivity index (χ4v) is 1.88. The second-order valence-electron chi connectivity index (χ2n) is 3.68. The van der Waals surface area contributed by atoms with E-state index in [4.69, 9.17) is 27.9 Å². The lowest BCUT2D eigenvalue weighted by Crippen LogP contribution is -2.01. The summed E-state index contributed by atoms with van der Waals surface area (Å²) in [5, 5.41) is 1.09. The summed E-state index contributed by atoms with van der Waals surface area (Å²) in [6, 6.07) is 5.11. The number of carbonyl (C=O) groups is 1. The molecule has 0 amide bonds. The van der Waals surface area contributed by atoms with Gasteiger partial charge in [-0.1, -0.05) is 23.2 Å². The first-order chi connectivity index (χ1) is 7.20. The maximum absolute atomic E-state index is 10.4. The molecule has 4 heteroatoms. The Morgan fingerprint density at radius 3 is 2.87 bits per heavy atom. The van der Waals surface area contributed by atoms with E-state index in [-0.39, 0.29) is 5.92 Å². The van der Waals surface area contributed by atoms with Crippen LogP contribution in [0.4, 0.5) is 0 Å². The van der Waals surface area contributed by atoms with Crippen molar-refractivity contribution in [1.29, 1.82) is 0 Å². The number of aldehydes is 1. The number of rotatable bonds is 4. The molecule has 0 aromatic heterocycles. The molecule has 1 aromatic carbocycles. The summed E-state index contributed by atoms with van der Waals surface area (Å²) in [5.41, 5.74) is 0. The topological polar surface area (TPSA) is 26.3 Å². The van der Waals surface area contributed by atoms with Gasteiger partial charge >= 0.3 is 0 Å². The number of hydrogen-bond donors (Lipinski definition) is 0. The molecule has 1 saturated carbocycles. The van der Waals surface area contributed by atoms with Gasteiger partial charge in [-0.15, -0.1) is 0 Å². The second-order valence-corrected chi connectivity index (χ2v) is 4.53. The molecule has 1 fully saturated rings. The van der Waals surface area contributed by atoms with Crippen LogP contribution in [0.3, 0.4) is 0 Å². The third-order valence-corrected chi connectivity index (χ3v) is 3.03. The van der Waals surface area contributed by atoms with Crippen LogP contribution in [0.5, 0.6) is 5.75 Å². The number of halogens is 2. The molecular weight excluding hydrogens is 235 g/mol. The average molecular weight is 245 g/mol. The summed E-state index contributed by atoms with van der Waals surface area (Å²) in [5.74, 6) is 1.16. The van der Waals surface area contributed by atoms with Gasteiger partial charge in [0.1, 0.15) is 12.0 Å². The Hall–Kier alpha value is -0.730. The molecule has 2 atom stereocenters. The van der Waals surface area contributed by atoms with Gasteiger partial charge in [0.2, 0.25) is 0 Å². The van der Waals surface area contributed by atoms with Crippen molar-refractivity contribution < 1.29 is 9.53 Å². The highest BCUT2D eigenvalue weighted by molar-refractivity contribution is 6.35. The van der Waals surface area contributed by atoms with Gasteiger partial charge < -0.3 is 9.53 Å². The summed E-state index contributed by atoms with van der Waals surface area (Å²) in [4.78, 5) is 10.4. The predicted octanol–water partition coefficient (Wildman–Crippen LogP) is 3.21. The fraction of sp³-hybridized carbons (Fsp3) is 0.364. The zero-order chi connectivity index (χ0) is 10.8. The highest BCUT2D eigenvalue weighted by Crippen LogP contribution is 2.37. The first-order valence-electron chi connectivity index (χ1n) is 4.74. The minimum absolute atomic E-state index is 0.177. The van der Waals surface area contributed by atoms with E-state index in [0.29, 0.717) is 28.3 Å². The third kappa shape index (κ3) is 2.64. The first kappa shape index (κ1) is 10.8. The van der Waals surface area contributed by atoms with E-state index in [9.17, 15) is 4.79 Å². The molecule has 1 aromatic rings. The highest BCUT2D eigenvalue weighted by atomic mass is 35.5. The van der Waals surface area contributed by atoms with E-state index in [1.807, 2.05) is 0 Å². The van der Waals surface area contributed by atoms with Gasteiger partial charge in [0.15, 0.2) is 0 Å². The molecule has 2 rings (SSSR count). The molecular formula is C11H10Cl2O2. The Bertz CT molecular complexity index is 379. The Kier molecular flexibility index (Phi) is 3.17. The Morgan fingerprint density at radius 2 is 2.27 bits per heavy atom. The van der Waals surface area contributed by atoms with Crippen molar-refractivity contribution in [2.24, 2.45) is 11.8 Å². The SMILES string of the molecule is O=CC1CC1COc1ccc(Cl)cc1Cl. The lowest BCUT2D eigenvalue weighted by molar-refractivity contribution is -0.109.